The van der Waals surface area contributed by atoms with Gasteiger partial charge in [0.05, 0.1) is 16.5 Å². The number of rotatable bonds is 6. The third-order valence-electron chi connectivity index (χ3n) is 3.65. The molecule has 0 saturated heterocycles. The number of nitro groups is 1. The van der Waals surface area contributed by atoms with E-state index in [1.54, 1.807) is 12.3 Å². The van der Waals surface area contributed by atoms with E-state index in [-0.39, 0.29) is 11.5 Å². The first-order valence-electron chi connectivity index (χ1n) is 7.72. The molecule has 1 N–H and O–H groups in total. The summed E-state index contributed by atoms with van der Waals surface area (Å²) < 4.78 is 6.40. The van der Waals surface area contributed by atoms with Crippen LogP contribution < -0.4 is 14.8 Å². The van der Waals surface area contributed by atoms with Crippen molar-refractivity contribution in [2.75, 3.05) is 5.32 Å². The van der Waals surface area contributed by atoms with Gasteiger partial charge >= 0.3 is 0 Å². The standard InChI is InChI=1S/C17H16N4O4/c1-2-17(19-16-11-13(21(23)24)7-9-20(16)22)25-14-5-6-15-12(10-14)4-3-8-18-15/h3-11,17,19H,2H2,1H3. The first kappa shape index (κ1) is 16.4. The van der Waals surface area contributed by atoms with Crippen LogP contribution in [-0.2, 0) is 0 Å². The Morgan fingerprint density at radius 2 is 2.16 bits per heavy atom. The minimum absolute atomic E-state index is 0.0588. The van der Waals surface area contributed by atoms with E-state index < -0.39 is 11.2 Å². The molecule has 0 fully saturated rings. The second-order valence-corrected chi connectivity index (χ2v) is 5.37. The van der Waals surface area contributed by atoms with Crippen molar-refractivity contribution in [1.82, 2.24) is 4.98 Å². The van der Waals surface area contributed by atoms with Gasteiger partial charge in [-0.1, -0.05) is 13.0 Å². The van der Waals surface area contributed by atoms with Crippen LogP contribution in [0.15, 0.2) is 54.9 Å². The van der Waals surface area contributed by atoms with Gasteiger partial charge in [-0.15, -0.1) is 0 Å². The highest BCUT2D eigenvalue weighted by Gasteiger charge is 2.19. The number of hydrogen-bond donors (Lipinski definition) is 1. The second kappa shape index (κ2) is 7.00. The van der Waals surface area contributed by atoms with Crippen LogP contribution in [0.4, 0.5) is 11.5 Å². The zero-order chi connectivity index (χ0) is 17.8. The van der Waals surface area contributed by atoms with Gasteiger partial charge in [0.25, 0.3) is 11.5 Å². The van der Waals surface area contributed by atoms with Crippen molar-refractivity contribution in [2.24, 2.45) is 0 Å². The molecule has 0 saturated carbocycles. The van der Waals surface area contributed by atoms with Gasteiger partial charge in [-0.25, -0.2) is 10.0 Å². The van der Waals surface area contributed by atoms with Gasteiger partial charge in [0.1, 0.15) is 18.0 Å². The molecule has 0 aliphatic heterocycles. The number of pyridine rings is 2. The maximum Gasteiger partial charge on any atom is 0.287 e. The van der Waals surface area contributed by atoms with Crippen molar-refractivity contribution in [3.63, 3.8) is 0 Å². The number of ether oxygens (including phenoxy) is 1. The van der Waals surface area contributed by atoms with Gasteiger partial charge in [-0.3, -0.25) is 15.1 Å². The molecule has 0 radical (unpaired) electrons. The van der Waals surface area contributed by atoms with Crippen LogP contribution in [0.2, 0.25) is 0 Å². The molecule has 0 aliphatic rings. The second-order valence-electron chi connectivity index (χ2n) is 5.37. The summed E-state index contributed by atoms with van der Waals surface area (Å²) in [5, 5.41) is 26.5. The van der Waals surface area contributed by atoms with Gasteiger partial charge in [-0.05, 0) is 24.3 Å². The Morgan fingerprint density at radius 1 is 1.32 bits per heavy atom. The van der Waals surface area contributed by atoms with E-state index in [1.165, 1.54) is 6.07 Å². The maximum atomic E-state index is 11.8. The van der Waals surface area contributed by atoms with E-state index in [1.807, 2.05) is 31.2 Å². The molecular formula is C17H16N4O4. The number of benzene rings is 1. The van der Waals surface area contributed by atoms with Crippen molar-refractivity contribution in [3.05, 3.63) is 70.2 Å². The summed E-state index contributed by atoms with van der Waals surface area (Å²) in [4.78, 5) is 14.6. The summed E-state index contributed by atoms with van der Waals surface area (Å²) in [6.45, 7) is 1.88. The van der Waals surface area contributed by atoms with Crippen LogP contribution in [0.25, 0.3) is 10.9 Å². The lowest BCUT2D eigenvalue weighted by atomic mass is 10.2. The van der Waals surface area contributed by atoms with Crippen molar-refractivity contribution in [1.29, 1.82) is 0 Å². The van der Waals surface area contributed by atoms with Gasteiger partial charge < -0.3 is 9.94 Å². The summed E-state index contributed by atoms with van der Waals surface area (Å²) in [5.41, 5.74) is 0.688. The third kappa shape index (κ3) is 3.74. The van der Waals surface area contributed by atoms with E-state index in [0.717, 1.165) is 23.2 Å². The molecule has 128 valence electrons. The molecule has 1 aromatic carbocycles. The topological polar surface area (TPSA) is 104 Å². The lowest BCUT2D eigenvalue weighted by Gasteiger charge is -2.17. The highest BCUT2D eigenvalue weighted by atomic mass is 16.6. The summed E-state index contributed by atoms with van der Waals surface area (Å²) >= 11 is 0. The largest absolute Gasteiger partial charge is 0.711 e. The highest BCUT2D eigenvalue weighted by Crippen LogP contribution is 2.21. The number of aromatic nitrogens is 2. The molecule has 0 spiro atoms. The number of hydrogen-bond acceptors (Lipinski definition) is 6. The third-order valence-corrected chi connectivity index (χ3v) is 3.65. The number of nitrogens with one attached hydrogen (secondary N) is 1. The van der Waals surface area contributed by atoms with E-state index in [2.05, 4.69) is 10.3 Å². The summed E-state index contributed by atoms with van der Waals surface area (Å²) in [6.07, 6.45) is 2.84. The average molecular weight is 340 g/mol. The molecule has 8 heteroatoms. The molecule has 2 aromatic heterocycles. The molecule has 1 unspecified atom stereocenters. The van der Waals surface area contributed by atoms with Crippen LogP contribution in [0.1, 0.15) is 13.3 Å². The molecule has 0 amide bonds. The lowest BCUT2D eigenvalue weighted by Crippen LogP contribution is -2.36. The first-order valence-corrected chi connectivity index (χ1v) is 7.72. The van der Waals surface area contributed by atoms with Crippen LogP contribution in [0, 0.1) is 15.3 Å². The SMILES string of the molecule is CCC(Nc1cc([N+](=O)[O-])cc[n+]1[O-])Oc1ccc2ncccc2c1. The lowest BCUT2D eigenvalue weighted by molar-refractivity contribution is -0.591. The Morgan fingerprint density at radius 3 is 2.92 bits per heavy atom. The van der Waals surface area contributed by atoms with E-state index in [9.17, 15) is 15.3 Å². The maximum absolute atomic E-state index is 11.8. The Balaban J connectivity index is 1.80. The predicted octanol–water partition coefficient (Wildman–Crippen LogP) is 3.00. The fraction of sp³-hybridized carbons (Fsp3) is 0.176. The van der Waals surface area contributed by atoms with Crippen molar-refractivity contribution in [3.8, 4) is 5.75 Å². The fourth-order valence-electron chi connectivity index (χ4n) is 2.37. The van der Waals surface area contributed by atoms with Gasteiger partial charge in [0.15, 0.2) is 0 Å². The van der Waals surface area contributed by atoms with Gasteiger partial charge in [-0.2, -0.15) is 0 Å². The van der Waals surface area contributed by atoms with Crippen molar-refractivity contribution >= 4 is 22.4 Å². The fourth-order valence-corrected chi connectivity index (χ4v) is 2.37. The smallest absolute Gasteiger partial charge is 0.287 e. The minimum Gasteiger partial charge on any atom is -0.711 e. The van der Waals surface area contributed by atoms with Gasteiger partial charge in [0, 0.05) is 18.0 Å². The molecule has 1 atom stereocenters. The van der Waals surface area contributed by atoms with E-state index >= 15 is 0 Å². The summed E-state index contributed by atoms with van der Waals surface area (Å²) in [6, 6.07) is 11.6. The Kier molecular flexibility index (Phi) is 4.60. The predicted molar refractivity (Wildman–Crippen MR) is 92.1 cm³/mol. The molecule has 8 nitrogen and oxygen atoms in total. The summed E-state index contributed by atoms with van der Waals surface area (Å²) in [5.74, 6) is 0.672. The Bertz CT molecular complexity index is 916. The first-order chi connectivity index (χ1) is 12.1. The van der Waals surface area contributed by atoms with Crippen molar-refractivity contribution < 1.29 is 14.4 Å². The molecule has 25 heavy (non-hydrogen) atoms. The number of fused-ring (bicyclic) bond motifs is 1. The van der Waals surface area contributed by atoms with Crippen LogP contribution >= 0.6 is 0 Å². The zero-order valence-electron chi connectivity index (χ0n) is 13.5. The molecule has 3 rings (SSSR count). The minimum atomic E-state index is -0.552. The van der Waals surface area contributed by atoms with Crippen LogP contribution in [0.5, 0.6) is 5.75 Å². The Hall–Kier alpha value is -3.42. The average Bonchev–Trinajstić information content (AvgIpc) is 2.62. The van der Waals surface area contributed by atoms with Crippen LogP contribution in [0.3, 0.4) is 0 Å². The molecule has 2 heterocycles. The van der Waals surface area contributed by atoms with Gasteiger partial charge in [0.2, 0.25) is 6.23 Å². The highest BCUT2D eigenvalue weighted by molar-refractivity contribution is 5.79. The number of anilines is 1. The quantitative estimate of drug-likeness (QED) is 0.243. The molecule has 0 aliphatic carbocycles. The number of nitrogens with zero attached hydrogens (tertiary/aromatic N) is 3. The van der Waals surface area contributed by atoms with E-state index in [0.29, 0.717) is 16.9 Å². The van der Waals surface area contributed by atoms with Crippen molar-refractivity contribution in [2.45, 2.75) is 19.6 Å². The monoisotopic (exact) mass is 340 g/mol. The van der Waals surface area contributed by atoms with Crippen LogP contribution in [-0.4, -0.2) is 16.1 Å². The molecule has 3 aromatic rings. The van der Waals surface area contributed by atoms with E-state index in [4.69, 9.17) is 4.74 Å². The normalized spacial score (nSPS) is 11.9. The molecular weight excluding hydrogens is 324 g/mol. The summed E-state index contributed by atoms with van der Waals surface area (Å²) in [7, 11) is 0. The Labute approximate surface area is 143 Å². The zero-order valence-corrected chi connectivity index (χ0v) is 13.5. The molecule has 0 bridgehead atoms.